The van der Waals surface area contributed by atoms with Crippen LogP contribution in [0.2, 0.25) is 0 Å². The Balaban J connectivity index is 3.24. The predicted octanol–water partition coefficient (Wildman–Crippen LogP) is 1.85. The topological polar surface area (TPSA) is 63.4 Å². The minimum absolute atomic E-state index is 0.659. The second-order valence-electron chi connectivity index (χ2n) is 3.36. The highest BCUT2D eigenvalue weighted by atomic mass is 19.4. The van der Waals surface area contributed by atoms with Crippen LogP contribution in [-0.4, -0.2) is 22.8 Å². The predicted molar refractivity (Wildman–Crippen MR) is 48.2 cm³/mol. The Morgan fingerprint density at radius 3 is 2.06 bits per heavy atom. The lowest BCUT2D eigenvalue weighted by molar-refractivity contribution is -0.519. The smallest absolute Gasteiger partial charge is 0.371 e. The summed E-state index contributed by atoms with van der Waals surface area (Å²) < 4.78 is 50.3. The van der Waals surface area contributed by atoms with Gasteiger partial charge in [0.25, 0.3) is 5.60 Å². The third kappa shape index (κ3) is 2.70. The summed E-state index contributed by atoms with van der Waals surface area (Å²) in [5, 5.41) is 19.6. The van der Waals surface area contributed by atoms with E-state index < -0.39 is 34.6 Å². The van der Waals surface area contributed by atoms with Crippen LogP contribution >= 0.6 is 0 Å². The number of rotatable bonds is 3. The number of alkyl halides is 3. The van der Waals surface area contributed by atoms with E-state index in [2.05, 4.69) is 0 Å². The zero-order valence-corrected chi connectivity index (χ0v) is 8.24. The lowest BCUT2D eigenvalue weighted by atomic mass is 9.93. The molecule has 0 aromatic heterocycles. The van der Waals surface area contributed by atoms with Gasteiger partial charge in [0.15, 0.2) is 0 Å². The van der Waals surface area contributed by atoms with Crippen molar-refractivity contribution in [1.29, 1.82) is 0 Å². The molecule has 0 bridgehead atoms. The summed E-state index contributed by atoms with van der Waals surface area (Å²) in [7, 11) is 0. The first-order chi connectivity index (χ1) is 7.67. The lowest BCUT2D eigenvalue weighted by Gasteiger charge is -2.26. The van der Waals surface area contributed by atoms with Crippen LogP contribution in [0.4, 0.5) is 17.6 Å². The number of hydrogen-bond acceptors (Lipinski definition) is 3. The fraction of sp³-hybridized carbons (Fsp3) is 0.333. The van der Waals surface area contributed by atoms with E-state index in [0.29, 0.717) is 24.3 Å². The molecule has 0 amide bonds. The summed E-state index contributed by atoms with van der Waals surface area (Å²) in [5.41, 5.74) is -4.40. The van der Waals surface area contributed by atoms with Gasteiger partial charge in [0, 0.05) is 4.92 Å². The van der Waals surface area contributed by atoms with Crippen LogP contribution in [0.5, 0.6) is 0 Å². The fourth-order valence-corrected chi connectivity index (χ4v) is 1.26. The van der Waals surface area contributed by atoms with E-state index >= 15 is 0 Å². The Morgan fingerprint density at radius 2 is 1.71 bits per heavy atom. The second-order valence-corrected chi connectivity index (χ2v) is 3.36. The van der Waals surface area contributed by atoms with Crippen LogP contribution in [-0.2, 0) is 5.60 Å². The van der Waals surface area contributed by atoms with Gasteiger partial charge >= 0.3 is 6.18 Å². The third-order valence-corrected chi connectivity index (χ3v) is 2.15. The molecule has 1 aromatic carbocycles. The van der Waals surface area contributed by atoms with Crippen LogP contribution in [0.15, 0.2) is 24.3 Å². The molecule has 0 heterocycles. The highest BCUT2D eigenvalue weighted by molar-refractivity contribution is 5.25. The molecule has 0 aliphatic carbocycles. The molecule has 1 unspecified atom stereocenters. The quantitative estimate of drug-likeness (QED) is 0.508. The number of benzene rings is 1. The molecule has 1 N–H and O–H groups in total. The molecule has 0 aliphatic heterocycles. The van der Waals surface area contributed by atoms with Crippen LogP contribution in [0.25, 0.3) is 0 Å². The van der Waals surface area contributed by atoms with Gasteiger partial charge in [0.05, 0.1) is 0 Å². The maximum absolute atomic E-state index is 12.6. The molecule has 0 fully saturated rings. The van der Waals surface area contributed by atoms with Gasteiger partial charge in [-0.15, -0.1) is 0 Å². The van der Waals surface area contributed by atoms with E-state index in [1.807, 2.05) is 0 Å². The molecule has 0 saturated carbocycles. The van der Waals surface area contributed by atoms with Crippen molar-refractivity contribution in [3.63, 3.8) is 0 Å². The molecule has 8 heteroatoms. The van der Waals surface area contributed by atoms with Crippen LogP contribution in [0.1, 0.15) is 5.56 Å². The van der Waals surface area contributed by atoms with Crippen molar-refractivity contribution in [2.24, 2.45) is 0 Å². The van der Waals surface area contributed by atoms with E-state index in [1.165, 1.54) is 0 Å². The molecule has 1 aromatic rings. The van der Waals surface area contributed by atoms with E-state index in [0.717, 1.165) is 0 Å². The molecular formula is C9H7F4NO3. The first-order valence-corrected chi connectivity index (χ1v) is 4.34. The molecule has 17 heavy (non-hydrogen) atoms. The number of nitrogens with zero attached hydrogens (tertiary/aromatic N) is 1. The SMILES string of the molecule is O=[N+]([O-])CC(O)(c1ccc(F)cc1)C(F)(F)F. The molecule has 0 spiro atoms. The molecule has 94 valence electrons. The van der Waals surface area contributed by atoms with Crippen molar-refractivity contribution in [2.45, 2.75) is 11.8 Å². The summed E-state index contributed by atoms with van der Waals surface area (Å²) >= 11 is 0. The summed E-state index contributed by atoms with van der Waals surface area (Å²) in [5.74, 6) is -0.806. The monoisotopic (exact) mass is 253 g/mol. The average molecular weight is 253 g/mol. The molecular weight excluding hydrogens is 246 g/mol. The Bertz CT molecular complexity index is 417. The van der Waals surface area contributed by atoms with Gasteiger partial charge in [-0.1, -0.05) is 12.1 Å². The van der Waals surface area contributed by atoms with Crippen molar-refractivity contribution < 1.29 is 27.6 Å². The lowest BCUT2D eigenvalue weighted by Crippen LogP contribution is -2.47. The summed E-state index contributed by atoms with van der Waals surface area (Å²) in [4.78, 5) is 8.89. The molecule has 0 aliphatic rings. The molecule has 0 radical (unpaired) electrons. The highest BCUT2D eigenvalue weighted by Gasteiger charge is 2.58. The van der Waals surface area contributed by atoms with Gasteiger partial charge in [-0.25, -0.2) is 4.39 Å². The maximum atomic E-state index is 12.6. The minimum atomic E-state index is -5.22. The molecule has 4 nitrogen and oxygen atoms in total. The van der Waals surface area contributed by atoms with Gasteiger partial charge in [0.1, 0.15) is 5.82 Å². The van der Waals surface area contributed by atoms with Crippen molar-refractivity contribution in [3.8, 4) is 0 Å². The van der Waals surface area contributed by atoms with E-state index in [4.69, 9.17) is 0 Å². The Kier molecular flexibility index (Phi) is 3.37. The highest BCUT2D eigenvalue weighted by Crippen LogP contribution is 2.39. The summed E-state index contributed by atoms with van der Waals surface area (Å²) in [6.45, 7) is -1.73. The molecule has 0 saturated heterocycles. The van der Waals surface area contributed by atoms with Crippen molar-refractivity contribution in [3.05, 3.63) is 45.8 Å². The normalized spacial score (nSPS) is 15.4. The zero-order chi connectivity index (χ0) is 13.3. The van der Waals surface area contributed by atoms with Gasteiger partial charge in [-0.2, -0.15) is 13.2 Å². The standard InChI is InChI=1S/C9H7F4NO3/c10-7-3-1-6(2-4-7)8(15,5-14(16)17)9(11,12)13/h1-4,15H,5H2. The first kappa shape index (κ1) is 13.4. The van der Waals surface area contributed by atoms with E-state index in [1.54, 1.807) is 0 Å². The van der Waals surface area contributed by atoms with Crippen LogP contribution in [0.3, 0.4) is 0 Å². The number of nitro groups is 1. The van der Waals surface area contributed by atoms with Crippen molar-refractivity contribution in [1.82, 2.24) is 0 Å². The Morgan fingerprint density at radius 1 is 1.24 bits per heavy atom. The number of aliphatic hydroxyl groups is 1. The van der Waals surface area contributed by atoms with Gasteiger partial charge in [0.2, 0.25) is 6.54 Å². The Labute approximate surface area is 92.6 Å². The average Bonchev–Trinajstić information content (AvgIpc) is 2.15. The van der Waals surface area contributed by atoms with E-state index in [-0.39, 0.29) is 0 Å². The third-order valence-electron chi connectivity index (χ3n) is 2.15. The zero-order valence-electron chi connectivity index (χ0n) is 8.24. The molecule has 1 atom stereocenters. The van der Waals surface area contributed by atoms with E-state index in [9.17, 15) is 32.8 Å². The van der Waals surface area contributed by atoms with Crippen molar-refractivity contribution in [2.75, 3.05) is 6.54 Å². The maximum Gasteiger partial charge on any atom is 0.428 e. The summed E-state index contributed by atoms with van der Waals surface area (Å²) in [6.07, 6.45) is -5.22. The number of hydrogen-bond donors (Lipinski definition) is 1. The van der Waals surface area contributed by atoms with Crippen LogP contribution < -0.4 is 0 Å². The largest absolute Gasteiger partial charge is 0.428 e. The first-order valence-electron chi connectivity index (χ1n) is 4.34. The van der Waals surface area contributed by atoms with Crippen LogP contribution in [0, 0.1) is 15.9 Å². The second kappa shape index (κ2) is 4.28. The fourth-order valence-electron chi connectivity index (χ4n) is 1.26. The Hall–Kier alpha value is -1.70. The number of halogens is 4. The van der Waals surface area contributed by atoms with Crippen molar-refractivity contribution >= 4 is 0 Å². The van der Waals surface area contributed by atoms with Gasteiger partial charge < -0.3 is 5.11 Å². The minimum Gasteiger partial charge on any atom is -0.371 e. The summed E-state index contributed by atoms with van der Waals surface area (Å²) in [6, 6.07) is 2.69. The van der Waals surface area contributed by atoms with Gasteiger partial charge in [-0.3, -0.25) is 10.1 Å². The molecule has 1 rings (SSSR count). The van der Waals surface area contributed by atoms with Gasteiger partial charge in [-0.05, 0) is 17.7 Å².